The van der Waals surface area contributed by atoms with Gasteiger partial charge in [0, 0.05) is 22.7 Å². The first-order valence-corrected chi connectivity index (χ1v) is 9.37. The second kappa shape index (κ2) is 10.3. The molecule has 0 spiro atoms. The van der Waals surface area contributed by atoms with Crippen LogP contribution in [0.2, 0.25) is 5.02 Å². The third kappa shape index (κ3) is 6.13. The van der Waals surface area contributed by atoms with Crippen LogP contribution >= 0.6 is 39.7 Å². The van der Waals surface area contributed by atoms with Crippen LogP contribution in [0.3, 0.4) is 0 Å². The zero-order valence-corrected chi connectivity index (χ0v) is 17.7. The number of rotatable bonds is 7. The van der Waals surface area contributed by atoms with Crippen LogP contribution in [0.15, 0.2) is 40.9 Å². The first kappa shape index (κ1) is 22.0. The van der Waals surface area contributed by atoms with E-state index < -0.39 is 10.8 Å². The smallest absolute Gasteiger partial charge is 0.294 e. The number of halogens is 2. The highest BCUT2D eigenvalue weighted by Gasteiger charge is 2.18. The summed E-state index contributed by atoms with van der Waals surface area (Å²) < 4.78 is 11.1. The number of hydrogen-bond acceptors (Lipinski definition) is 6. The van der Waals surface area contributed by atoms with E-state index in [4.69, 9.17) is 33.3 Å². The van der Waals surface area contributed by atoms with Crippen molar-refractivity contribution in [2.45, 2.75) is 0 Å². The van der Waals surface area contributed by atoms with Crippen LogP contribution < -0.4 is 15.4 Å². The summed E-state index contributed by atoms with van der Waals surface area (Å²) in [7, 11) is 1.54. The Morgan fingerprint density at radius 1 is 1.29 bits per heavy atom. The molecule has 0 saturated heterocycles. The number of thiocarbonyl (C=S) groups is 1. The van der Waals surface area contributed by atoms with Gasteiger partial charge in [0.2, 0.25) is 0 Å². The second-order valence-corrected chi connectivity index (χ2v) is 7.07. The van der Waals surface area contributed by atoms with Crippen LogP contribution in [0.25, 0.3) is 0 Å². The number of anilines is 1. The van der Waals surface area contributed by atoms with Crippen molar-refractivity contribution in [3.63, 3.8) is 0 Å². The summed E-state index contributed by atoms with van der Waals surface area (Å²) >= 11 is 14.2. The maximum absolute atomic E-state index is 12.6. The van der Waals surface area contributed by atoms with Gasteiger partial charge in [-0.15, -0.1) is 0 Å². The molecule has 0 radical (unpaired) electrons. The number of nitro groups is 1. The van der Waals surface area contributed by atoms with Gasteiger partial charge >= 0.3 is 0 Å². The van der Waals surface area contributed by atoms with Gasteiger partial charge in [0.15, 0.2) is 5.11 Å². The SMILES string of the molecule is COCCOc1ccc(Br)cc1C(=O)NC(=S)Nc1ccc(Cl)cc1[N+](=O)[O-]. The molecular weight excluding hydrogens is 474 g/mol. The van der Waals surface area contributed by atoms with E-state index >= 15 is 0 Å². The van der Waals surface area contributed by atoms with Crippen molar-refractivity contribution < 1.29 is 19.2 Å². The van der Waals surface area contributed by atoms with Gasteiger partial charge < -0.3 is 14.8 Å². The molecule has 28 heavy (non-hydrogen) atoms. The zero-order valence-electron chi connectivity index (χ0n) is 14.5. The molecule has 0 aliphatic heterocycles. The van der Waals surface area contributed by atoms with Gasteiger partial charge in [-0.25, -0.2) is 0 Å². The van der Waals surface area contributed by atoms with E-state index in [-0.39, 0.29) is 33.7 Å². The largest absolute Gasteiger partial charge is 0.490 e. The molecule has 2 aromatic carbocycles. The number of carbonyl (C=O) groups is 1. The number of hydrogen-bond donors (Lipinski definition) is 2. The second-order valence-electron chi connectivity index (χ2n) is 5.31. The minimum absolute atomic E-state index is 0.102. The zero-order chi connectivity index (χ0) is 20.7. The van der Waals surface area contributed by atoms with Crippen molar-refractivity contribution in [3.8, 4) is 5.75 Å². The summed E-state index contributed by atoms with van der Waals surface area (Å²) in [6.45, 7) is 0.620. The Bertz CT molecular complexity index is 912. The fourth-order valence-electron chi connectivity index (χ4n) is 2.13. The average Bonchev–Trinajstić information content (AvgIpc) is 2.64. The van der Waals surface area contributed by atoms with Crippen molar-refractivity contribution in [2.24, 2.45) is 0 Å². The maximum Gasteiger partial charge on any atom is 0.294 e. The molecule has 0 atom stereocenters. The molecule has 2 N–H and O–H groups in total. The van der Waals surface area contributed by atoms with Crippen LogP contribution in [0.4, 0.5) is 11.4 Å². The number of methoxy groups -OCH3 is 1. The Balaban J connectivity index is 2.14. The predicted octanol–water partition coefficient (Wildman–Crippen LogP) is 4.16. The highest BCUT2D eigenvalue weighted by Crippen LogP contribution is 2.28. The van der Waals surface area contributed by atoms with Gasteiger partial charge in [-0.2, -0.15) is 0 Å². The molecular formula is C17H15BrClN3O5S. The summed E-state index contributed by atoms with van der Waals surface area (Å²) in [5, 5.41) is 16.4. The van der Waals surface area contributed by atoms with Gasteiger partial charge in [-0.3, -0.25) is 20.2 Å². The number of nitro benzene ring substituents is 1. The molecule has 0 bridgehead atoms. The maximum atomic E-state index is 12.6. The highest BCUT2D eigenvalue weighted by atomic mass is 79.9. The number of nitrogens with one attached hydrogen (secondary N) is 2. The molecule has 2 rings (SSSR count). The summed E-state index contributed by atoms with van der Waals surface area (Å²) in [4.78, 5) is 23.1. The number of ether oxygens (including phenoxy) is 2. The van der Waals surface area contributed by atoms with E-state index in [1.807, 2.05) is 0 Å². The molecule has 0 fully saturated rings. The molecule has 8 nitrogen and oxygen atoms in total. The van der Waals surface area contributed by atoms with Crippen LogP contribution in [0.1, 0.15) is 10.4 Å². The minimum atomic E-state index is -0.602. The number of amides is 1. The highest BCUT2D eigenvalue weighted by molar-refractivity contribution is 9.10. The van der Waals surface area contributed by atoms with E-state index in [1.165, 1.54) is 18.2 Å². The summed E-state index contributed by atoms with van der Waals surface area (Å²) in [6, 6.07) is 8.99. The van der Waals surface area contributed by atoms with E-state index in [9.17, 15) is 14.9 Å². The lowest BCUT2D eigenvalue weighted by atomic mass is 10.2. The summed E-state index contributed by atoms with van der Waals surface area (Å²) in [6.07, 6.45) is 0. The molecule has 1 amide bonds. The molecule has 0 aliphatic carbocycles. The molecule has 2 aromatic rings. The van der Waals surface area contributed by atoms with Crippen LogP contribution in [-0.4, -0.2) is 36.3 Å². The monoisotopic (exact) mass is 487 g/mol. The van der Waals surface area contributed by atoms with E-state index in [1.54, 1.807) is 25.3 Å². The first-order chi connectivity index (χ1) is 13.3. The summed E-state index contributed by atoms with van der Waals surface area (Å²) in [5.74, 6) is -0.194. The van der Waals surface area contributed by atoms with Gasteiger partial charge in [-0.1, -0.05) is 27.5 Å². The Hall–Kier alpha value is -2.27. The van der Waals surface area contributed by atoms with Gasteiger partial charge in [0.05, 0.1) is 17.1 Å². The number of nitrogens with zero attached hydrogens (tertiary/aromatic N) is 1. The Morgan fingerprint density at radius 3 is 2.71 bits per heavy atom. The van der Waals surface area contributed by atoms with Gasteiger partial charge in [-0.05, 0) is 42.5 Å². The third-order valence-corrected chi connectivity index (χ3v) is 4.30. The van der Waals surface area contributed by atoms with E-state index in [0.717, 1.165) is 0 Å². The quantitative estimate of drug-likeness (QED) is 0.261. The molecule has 0 unspecified atom stereocenters. The molecule has 0 heterocycles. The number of benzene rings is 2. The molecule has 0 aliphatic rings. The normalized spacial score (nSPS) is 10.2. The van der Waals surface area contributed by atoms with E-state index in [2.05, 4.69) is 26.6 Å². The van der Waals surface area contributed by atoms with Crippen LogP contribution in [-0.2, 0) is 4.74 Å². The molecule has 148 valence electrons. The molecule has 0 aromatic heterocycles. The first-order valence-electron chi connectivity index (χ1n) is 7.79. The number of carbonyl (C=O) groups excluding carboxylic acids is 1. The van der Waals surface area contributed by atoms with Crippen molar-refractivity contribution in [3.05, 3.63) is 61.6 Å². The van der Waals surface area contributed by atoms with Gasteiger partial charge in [0.1, 0.15) is 18.0 Å². The standard InChI is InChI=1S/C17H15BrClN3O5S/c1-26-6-7-27-15-5-2-10(18)8-12(15)16(23)21-17(28)20-13-4-3-11(19)9-14(13)22(24)25/h2-5,8-9H,6-7H2,1H3,(H2,20,21,23,28). The Morgan fingerprint density at radius 2 is 2.04 bits per heavy atom. The Kier molecular flexibility index (Phi) is 8.12. The van der Waals surface area contributed by atoms with Crippen molar-refractivity contribution in [2.75, 3.05) is 25.6 Å². The lowest BCUT2D eigenvalue weighted by molar-refractivity contribution is -0.383. The summed E-state index contributed by atoms with van der Waals surface area (Å²) in [5.41, 5.74) is 0.0703. The topological polar surface area (TPSA) is 103 Å². The molecule has 11 heteroatoms. The predicted molar refractivity (Wildman–Crippen MR) is 113 cm³/mol. The minimum Gasteiger partial charge on any atom is -0.490 e. The molecule has 0 saturated carbocycles. The van der Waals surface area contributed by atoms with Gasteiger partial charge in [0.25, 0.3) is 11.6 Å². The Labute approximate surface area is 179 Å². The van der Waals surface area contributed by atoms with E-state index in [0.29, 0.717) is 16.8 Å². The third-order valence-electron chi connectivity index (χ3n) is 3.36. The van der Waals surface area contributed by atoms with Crippen LogP contribution in [0, 0.1) is 10.1 Å². The van der Waals surface area contributed by atoms with Crippen molar-refractivity contribution >= 4 is 62.1 Å². The van der Waals surface area contributed by atoms with Crippen LogP contribution in [0.5, 0.6) is 5.75 Å². The lowest BCUT2D eigenvalue weighted by Crippen LogP contribution is -2.34. The lowest BCUT2D eigenvalue weighted by Gasteiger charge is -2.13. The average molecular weight is 489 g/mol. The fourth-order valence-corrected chi connectivity index (χ4v) is 2.86. The van der Waals surface area contributed by atoms with Crippen molar-refractivity contribution in [1.82, 2.24) is 5.32 Å². The fraction of sp³-hybridized carbons (Fsp3) is 0.176. The van der Waals surface area contributed by atoms with Crippen molar-refractivity contribution in [1.29, 1.82) is 0 Å².